The maximum absolute atomic E-state index is 13.3. The van der Waals surface area contributed by atoms with Gasteiger partial charge in [0.2, 0.25) is 5.91 Å². The Morgan fingerprint density at radius 3 is 2.36 bits per heavy atom. The van der Waals surface area contributed by atoms with Gasteiger partial charge in [0.25, 0.3) is 5.91 Å². The summed E-state index contributed by atoms with van der Waals surface area (Å²) in [6.07, 6.45) is 1.87. The smallest absolute Gasteiger partial charge is 0.325 e. The molecule has 2 aromatic carbocycles. The molecule has 2 heterocycles. The van der Waals surface area contributed by atoms with Gasteiger partial charge in [0, 0.05) is 25.6 Å². The molecule has 0 saturated carbocycles. The highest BCUT2D eigenvalue weighted by Gasteiger charge is 2.52. The third kappa shape index (κ3) is 5.58. The van der Waals surface area contributed by atoms with E-state index in [0.29, 0.717) is 31.5 Å². The number of piperidine rings is 1. The van der Waals surface area contributed by atoms with Crippen LogP contribution >= 0.6 is 0 Å². The third-order valence-corrected chi connectivity index (χ3v) is 7.16. The number of carbonyl (C=O) groups is 3. The predicted octanol–water partition coefficient (Wildman–Crippen LogP) is 3.35. The first-order valence-corrected chi connectivity index (χ1v) is 12.5. The summed E-state index contributed by atoms with van der Waals surface area (Å²) in [4.78, 5) is 41.9. The Kier molecular flexibility index (Phi) is 7.70. The van der Waals surface area contributed by atoms with Gasteiger partial charge < -0.3 is 15.5 Å². The fraction of sp³-hybridized carbons (Fsp3) is 0.429. The number of urea groups is 1. The molecule has 4 amide bonds. The first-order chi connectivity index (χ1) is 17.3. The van der Waals surface area contributed by atoms with Gasteiger partial charge >= 0.3 is 6.03 Å². The highest BCUT2D eigenvalue weighted by molar-refractivity contribution is 6.07. The first kappa shape index (κ1) is 25.4. The maximum atomic E-state index is 13.3. The molecule has 4 rings (SSSR count). The van der Waals surface area contributed by atoms with Crippen LogP contribution in [0.2, 0.25) is 0 Å². The first-order valence-electron chi connectivity index (χ1n) is 12.5. The standard InChI is InChI=1S/C28H33N5O3/c1-20(2)25(34)30-24(23-6-4-3-5-7-23)12-15-32-16-13-28(14-17-32)26(35)33(27(36)31-28)19-22-10-8-21(18-29)9-11-22/h3-11,20,24H,12-17,19H2,1-2H3,(H,30,34)(H,31,36)/t24-/m0/s1. The van der Waals surface area contributed by atoms with Crippen LogP contribution in [0.4, 0.5) is 4.79 Å². The molecule has 1 atom stereocenters. The zero-order chi connectivity index (χ0) is 25.7. The Hall–Kier alpha value is -3.70. The number of amides is 4. The van der Waals surface area contributed by atoms with E-state index in [2.05, 4.69) is 21.6 Å². The van der Waals surface area contributed by atoms with Crippen molar-refractivity contribution in [2.24, 2.45) is 5.92 Å². The van der Waals surface area contributed by atoms with Crippen LogP contribution in [-0.4, -0.2) is 52.8 Å². The van der Waals surface area contributed by atoms with Gasteiger partial charge in [-0.1, -0.05) is 56.3 Å². The SMILES string of the molecule is CC(C)C(=O)N[C@@H](CCN1CCC2(CC1)NC(=O)N(Cc1ccc(C#N)cc1)C2=O)c1ccccc1. The second-order valence-electron chi connectivity index (χ2n) is 9.97. The second kappa shape index (κ2) is 10.9. The highest BCUT2D eigenvalue weighted by Crippen LogP contribution is 2.31. The van der Waals surface area contributed by atoms with Crippen LogP contribution in [-0.2, 0) is 16.1 Å². The lowest BCUT2D eigenvalue weighted by Crippen LogP contribution is -2.55. The van der Waals surface area contributed by atoms with Crippen molar-refractivity contribution in [3.63, 3.8) is 0 Å². The monoisotopic (exact) mass is 487 g/mol. The zero-order valence-electron chi connectivity index (χ0n) is 20.9. The van der Waals surface area contributed by atoms with Crippen molar-refractivity contribution in [1.82, 2.24) is 20.4 Å². The summed E-state index contributed by atoms with van der Waals surface area (Å²) in [5.74, 6) is -0.235. The topological polar surface area (TPSA) is 106 Å². The molecule has 8 nitrogen and oxygen atoms in total. The molecular weight excluding hydrogens is 454 g/mol. The van der Waals surface area contributed by atoms with Crippen molar-refractivity contribution < 1.29 is 14.4 Å². The molecule has 2 saturated heterocycles. The quantitative estimate of drug-likeness (QED) is 0.556. The Morgan fingerprint density at radius 1 is 1.08 bits per heavy atom. The molecule has 0 aromatic heterocycles. The molecule has 2 fully saturated rings. The lowest BCUT2D eigenvalue weighted by molar-refractivity contribution is -0.133. The molecule has 2 aliphatic rings. The van der Waals surface area contributed by atoms with Gasteiger partial charge in [-0.2, -0.15) is 5.26 Å². The molecule has 36 heavy (non-hydrogen) atoms. The number of hydrogen-bond donors (Lipinski definition) is 2. The Morgan fingerprint density at radius 2 is 1.75 bits per heavy atom. The fourth-order valence-electron chi connectivity index (χ4n) is 4.84. The maximum Gasteiger partial charge on any atom is 0.325 e. The van der Waals surface area contributed by atoms with E-state index in [1.54, 1.807) is 24.3 Å². The Bertz CT molecular complexity index is 1130. The minimum absolute atomic E-state index is 0.0306. The van der Waals surface area contributed by atoms with Gasteiger partial charge in [0.05, 0.1) is 24.2 Å². The van der Waals surface area contributed by atoms with Crippen LogP contribution in [0.15, 0.2) is 54.6 Å². The number of imide groups is 1. The Labute approximate surface area is 212 Å². The van der Waals surface area contributed by atoms with Gasteiger partial charge in [-0.15, -0.1) is 0 Å². The fourth-order valence-corrected chi connectivity index (χ4v) is 4.84. The number of likely N-dealkylation sites (tertiary alicyclic amines) is 1. The molecule has 188 valence electrons. The van der Waals surface area contributed by atoms with Crippen molar-refractivity contribution >= 4 is 17.8 Å². The number of benzene rings is 2. The molecule has 0 bridgehead atoms. The van der Waals surface area contributed by atoms with E-state index in [-0.39, 0.29) is 36.3 Å². The molecule has 0 aliphatic carbocycles. The van der Waals surface area contributed by atoms with E-state index in [9.17, 15) is 14.4 Å². The lowest BCUT2D eigenvalue weighted by atomic mass is 9.87. The van der Waals surface area contributed by atoms with Gasteiger partial charge in [0.1, 0.15) is 5.54 Å². The number of carbonyl (C=O) groups excluding carboxylic acids is 3. The van der Waals surface area contributed by atoms with Crippen molar-refractivity contribution in [1.29, 1.82) is 5.26 Å². The summed E-state index contributed by atoms with van der Waals surface area (Å²) >= 11 is 0. The van der Waals surface area contributed by atoms with Crippen LogP contribution in [0.1, 0.15) is 55.8 Å². The third-order valence-electron chi connectivity index (χ3n) is 7.16. The average molecular weight is 488 g/mol. The van der Waals surface area contributed by atoms with Gasteiger partial charge in [-0.3, -0.25) is 14.5 Å². The van der Waals surface area contributed by atoms with Crippen LogP contribution < -0.4 is 10.6 Å². The lowest BCUT2D eigenvalue weighted by Gasteiger charge is -2.37. The highest BCUT2D eigenvalue weighted by atomic mass is 16.2. The van der Waals surface area contributed by atoms with Gasteiger partial charge in [-0.25, -0.2) is 4.79 Å². The summed E-state index contributed by atoms with van der Waals surface area (Å²) in [6, 6.07) is 18.5. The number of rotatable bonds is 8. The van der Waals surface area contributed by atoms with Gasteiger partial charge in [0.15, 0.2) is 0 Å². The molecular formula is C28H33N5O3. The summed E-state index contributed by atoms with van der Waals surface area (Å²) < 4.78 is 0. The molecule has 0 unspecified atom stereocenters. The summed E-state index contributed by atoms with van der Waals surface area (Å²) in [5, 5.41) is 15.1. The van der Waals surface area contributed by atoms with E-state index in [1.807, 2.05) is 44.2 Å². The number of hydrogen-bond acceptors (Lipinski definition) is 5. The molecule has 8 heteroatoms. The normalized spacial score (nSPS) is 18.2. The van der Waals surface area contributed by atoms with Crippen molar-refractivity contribution in [3.8, 4) is 6.07 Å². The number of nitriles is 1. The summed E-state index contributed by atoms with van der Waals surface area (Å²) in [5.41, 5.74) is 1.57. The van der Waals surface area contributed by atoms with Crippen LogP contribution in [0.25, 0.3) is 0 Å². The number of nitrogens with zero attached hydrogens (tertiary/aromatic N) is 3. The Balaban J connectivity index is 1.34. The van der Waals surface area contributed by atoms with Crippen molar-refractivity contribution in [2.45, 2.75) is 51.2 Å². The zero-order valence-corrected chi connectivity index (χ0v) is 20.9. The largest absolute Gasteiger partial charge is 0.349 e. The number of nitrogens with one attached hydrogen (secondary N) is 2. The van der Waals surface area contributed by atoms with E-state index < -0.39 is 5.54 Å². The summed E-state index contributed by atoms with van der Waals surface area (Å²) in [7, 11) is 0. The van der Waals surface area contributed by atoms with Crippen LogP contribution in [0, 0.1) is 17.2 Å². The predicted molar refractivity (Wildman–Crippen MR) is 135 cm³/mol. The molecule has 0 radical (unpaired) electrons. The minimum atomic E-state index is -0.856. The van der Waals surface area contributed by atoms with Crippen molar-refractivity contribution in [2.75, 3.05) is 19.6 Å². The molecule has 2 aromatic rings. The van der Waals surface area contributed by atoms with Crippen molar-refractivity contribution in [3.05, 3.63) is 71.3 Å². The van der Waals surface area contributed by atoms with E-state index in [0.717, 1.165) is 24.1 Å². The van der Waals surface area contributed by atoms with E-state index in [1.165, 1.54) is 4.90 Å². The average Bonchev–Trinajstić information content (AvgIpc) is 3.12. The second-order valence-corrected chi connectivity index (χ2v) is 9.97. The van der Waals surface area contributed by atoms with E-state index >= 15 is 0 Å². The summed E-state index contributed by atoms with van der Waals surface area (Å²) in [6.45, 7) is 6.13. The van der Waals surface area contributed by atoms with Crippen LogP contribution in [0.3, 0.4) is 0 Å². The minimum Gasteiger partial charge on any atom is -0.349 e. The molecule has 2 N–H and O–H groups in total. The van der Waals surface area contributed by atoms with E-state index in [4.69, 9.17) is 5.26 Å². The van der Waals surface area contributed by atoms with Crippen LogP contribution in [0.5, 0.6) is 0 Å². The molecule has 2 aliphatic heterocycles. The van der Waals surface area contributed by atoms with Gasteiger partial charge in [-0.05, 0) is 42.5 Å². The molecule has 1 spiro atoms.